The van der Waals surface area contributed by atoms with Crippen molar-refractivity contribution in [2.75, 3.05) is 19.6 Å². The van der Waals surface area contributed by atoms with Crippen molar-refractivity contribution in [3.8, 4) is 0 Å². The summed E-state index contributed by atoms with van der Waals surface area (Å²) in [4.78, 5) is 31.2. The second-order valence-electron chi connectivity index (χ2n) is 2.33. The highest BCUT2D eigenvalue weighted by molar-refractivity contribution is 5.75. The lowest BCUT2D eigenvalue weighted by Crippen LogP contribution is -2.38. The van der Waals surface area contributed by atoms with Gasteiger partial charge >= 0.3 is 17.9 Å². The van der Waals surface area contributed by atoms with Crippen molar-refractivity contribution in [2.24, 2.45) is 0 Å². The summed E-state index contributed by atoms with van der Waals surface area (Å²) in [5.41, 5.74) is 0. The van der Waals surface area contributed by atoms with Crippen LogP contribution >= 0.6 is 0 Å². The van der Waals surface area contributed by atoms with Gasteiger partial charge in [0.15, 0.2) is 0 Å². The third-order valence-corrected chi connectivity index (χ3v) is 1.08. The summed E-state index contributed by atoms with van der Waals surface area (Å²) in [6, 6.07) is 0. The van der Waals surface area contributed by atoms with Crippen LogP contribution in [0.25, 0.3) is 0 Å². The summed E-state index contributed by atoms with van der Waals surface area (Å²) >= 11 is 0. The first-order valence-corrected chi connectivity index (χ1v) is 3.29. The molecule has 0 aromatic heterocycles. The predicted molar refractivity (Wildman–Crippen MR) is 39.3 cm³/mol. The number of rotatable bonds is 6. The van der Waals surface area contributed by atoms with Crippen LogP contribution in [0.15, 0.2) is 0 Å². The molecule has 0 atom stereocenters. The van der Waals surface area contributed by atoms with Crippen LogP contribution in [-0.2, 0) is 14.4 Å². The molecule has 7 nitrogen and oxygen atoms in total. The van der Waals surface area contributed by atoms with Gasteiger partial charge in [-0.15, -0.1) is 0 Å². The zero-order valence-corrected chi connectivity index (χ0v) is 6.63. The maximum Gasteiger partial charge on any atom is 0.317 e. The Morgan fingerprint density at radius 1 is 0.769 bits per heavy atom. The minimum Gasteiger partial charge on any atom is -0.480 e. The van der Waals surface area contributed by atoms with Gasteiger partial charge in [-0.25, -0.2) is 0 Å². The molecule has 0 aliphatic carbocycles. The largest absolute Gasteiger partial charge is 0.480 e. The molecule has 0 fully saturated rings. The Morgan fingerprint density at radius 2 is 1.00 bits per heavy atom. The van der Waals surface area contributed by atoms with Gasteiger partial charge < -0.3 is 15.3 Å². The Labute approximate surface area is 73.2 Å². The third kappa shape index (κ3) is 6.76. The number of nitrogens with zero attached hydrogens (tertiary/aromatic N) is 1. The van der Waals surface area contributed by atoms with Gasteiger partial charge in [-0.2, -0.15) is 0 Å². The number of aliphatic carboxylic acids is 3. The SMILES string of the molecule is [17O]=C([17OH])CN(CC(=[17O])[17OH])CC(=[17O])[17OH]. The number of carboxylic acids is 3. The normalized spacial score (nSPS) is 9.92. The van der Waals surface area contributed by atoms with Gasteiger partial charge in [0.05, 0.1) is 19.6 Å². The molecule has 0 aliphatic heterocycles. The highest BCUT2D eigenvalue weighted by Crippen LogP contribution is 1.87. The van der Waals surface area contributed by atoms with Crippen LogP contribution < -0.4 is 0 Å². The predicted octanol–water partition coefficient (Wildman–Crippen LogP) is -1.46. The molecule has 0 aliphatic rings. The lowest BCUT2D eigenvalue weighted by atomic mass is 10.4. The van der Waals surface area contributed by atoms with E-state index in [0.717, 1.165) is 4.90 Å². The number of hydrogen-bond acceptors (Lipinski definition) is 4. The first-order valence-electron chi connectivity index (χ1n) is 3.29. The highest BCUT2D eigenvalue weighted by atomic mass is 17.3. The summed E-state index contributed by atoms with van der Waals surface area (Å²) in [5.74, 6) is -3.78. The van der Waals surface area contributed by atoms with E-state index in [9.17, 15) is 14.4 Å². The van der Waals surface area contributed by atoms with Gasteiger partial charge in [0.1, 0.15) is 0 Å². The molecule has 0 amide bonds. The van der Waals surface area contributed by atoms with Gasteiger partial charge in [-0.1, -0.05) is 0 Å². The van der Waals surface area contributed by atoms with E-state index in [1.54, 1.807) is 0 Å². The standard InChI is InChI=1S/C6H9NO6/c8-4(9)1-7(2-5(10)11)3-6(12)13/h1-3H2,(H,8,9)(H,10,11)(H,12,13)/i8+1,9+1,10+1,11+1,12+1,13+1. The Kier molecular flexibility index (Phi) is 4.45. The first kappa shape index (κ1) is 11.4. The fourth-order valence-corrected chi connectivity index (χ4v) is 0.742. The van der Waals surface area contributed by atoms with Crippen LogP contribution in [0, 0.1) is 0 Å². The molecule has 0 unspecified atom stereocenters. The van der Waals surface area contributed by atoms with E-state index in [1.807, 2.05) is 0 Å². The molecule has 7 heteroatoms. The van der Waals surface area contributed by atoms with Crippen LogP contribution in [0.5, 0.6) is 0 Å². The minimum atomic E-state index is -1.26. The van der Waals surface area contributed by atoms with Crippen molar-refractivity contribution < 1.29 is 29.7 Å². The van der Waals surface area contributed by atoms with Crippen LogP contribution in [0.3, 0.4) is 0 Å². The van der Waals surface area contributed by atoms with E-state index in [-0.39, 0.29) is 0 Å². The van der Waals surface area contributed by atoms with E-state index in [4.69, 9.17) is 15.3 Å². The van der Waals surface area contributed by atoms with Crippen LogP contribution in [0.1, 0.15) is 0 Å². The molecule has 0 radical (unpaired) electrons. The van der Waals surface area contributed by atoms with Crippen molar-refractivity contribution in [3.05, 3.63) is 0 Å². The summed E-state index contributed by atoms with van der Waals surface area (Å²) in [6.07, 6.45) is 0. The lowest BCUT2D eigenvalue weighted by Gasteiger charge is -2.14. The molecule has 0 aromatic rings. The fourth-order valence-electron chi connectivity index (χ4n) is 0.742. The quantitative estimate of drug-likeness (QED) is 0.476. The van der Waals surface area contributed by atoms with E-state index >= 15 is 0 Å². The van der Waals surface area contributed by atoms with Gasteiger partial charge in [0.25, 0.3) is 0 Å². The maximum absolute atomic E-state index is 10.1. The molecule has 0 aromatic carbocycles. The molecule has 74 valence electrons. The fraction of sp³-hybridized carbons (Fsp3) is 0.500. The Morgan fingerprint density at radius 3 is 1.15 bits per heavy atom. The third-order valence-electron chi connectivity index (χ3n) is 1.08. The zero-order chi connectivity index (χ0) is 10.4. The van der Waals surface area contributed by atoms with Crippen molar-refractivity contribution >= 4 is 17.9 Å². The van der Waals surface area contributed by atoms with E-state index in [1.165, 1.54) is 0 Å². The number of hydrogen-bond donors (Lipinski definition) is 3. The summed E-state index contributed by atoms with van der Waals surface area (Å²) < 4.78 is 0. The molecule has 0 saturated carbocycles. The molecule has 0 rings (SSSR count). The molecular weight excluding hydrogens is 188 g/mol. The lowest BCUT2D eigenvalue weighted by molar-refractivity contribution is -0.144. The minimum absolute atomic E-state index is 0.599. The summed E-state index contributed by atoms with van der Waals surface area (Å²) in [7, 11) is 0. The highest BCUT2D eigenvalue weighted by Gasteiger charge is 2.15. The van der Waals surface area contributed by atoms with E-state index < -0.39 is 37.5 Å². The number of carbonyl (C=O) groups is 3. The van der Waals surface area contributed by atoms with Crippen molar-refractivity contribution in [2.45, 2.75) is 0 Å². The Hall–Kier alpha value is -1.63. The molecule has 0 saturated heterocycles. The van der Waals surface area contributed by atoms with E-state index in [0.29, 0.717) is 0 Å². The van der Waals surface area contributed by atoms with E-state index in [2.05, 4.69) is 0 Å². The van der Waals surface area contributed by atoms with Crippen LogP contribution in [0.4, 0.5) is 0 Å². The van der Waals surface area contributed by atoms with Gasteiger partial charge in [-0.05, 0) is 0 Å². The average molecular weight is 197 g/mol. The molecule has 0 heterocycles. The van der Waals surface area contributed by atoms with Crippen LogP contribution in [0.2, 0.25) is 0 Å². The van der Waals surface area contributed by atoms with Gasteiger partial charge in [0, 0.05) is 0 Å². The van der Waals surface area contributed by atoms with Crippen LogP contribution in [-0.4, -0.2) is 57.8 Å². The summed E-state index contributed by atoms with van der Waals surface area (Å²) in [6.45, 7) is -1.80. The number of carboxylic acid groups (broad SMARTS) is 3. The topological polar surface area (TPSA) is 115 Å². The Bertz CT molecular complexity index is 187. The molecule has 3 N–H and O–H groups in total. The average Bonchev–Trinajstić information content (AvgIpc) is 1.80. The van der Waals surface area contributed by atoms with Gasteiger partial charge in [0.2, 0.25) is 0 Å². The zero-order valence-electron chi connectivity index (χ0n) is 6.63. The molecular formula is C6H9NO6. The summed E-state index contributed by atoms with van der Waals surface area (Å²) in [5, 5.41) is 24.8. The van der Waals surface area contributed by atoms with Gasteiger partial charge in [-0.3, -0.25) is 19.3 Å². The molecule has 13 heavy (non-hydrogen) atoms. The van der Waals surface area contributed by atoms with Crippen molar-refractivity contribution in [3.63, 3.8) is 0 Å². The first-order chi connectivity index (χ1) is 5.91. The second kappa shape index (κ2) is 5.09. The Balaban J connectivity index is 4.10. The smallest absolute Gasteiger partial charge is 0.317 e. The maximum atomic E-state index is 10.1. The molecule has 0 bridgehead atoms. The monoisotopic (exact) mass is 197 g/mol. The van der Waals surface area contributed by atoms with Crippen molar-refractivity contribution in [1.82, 2.24) is 4.90 Å². The second-order valence-corrected chi connectivity index (χ2v) is 2.33. The molecule has 0 spiro atoms. The van der Waals surface area contributed by atoms with Crippen molar-refractivity contribution in [1.29, 1.82) is 0 Å².